The fourth-order valence-corrected chi connectivity index (χ4v) is 1.69. The molecule has 0 saturated heterocycles. The largest absolute Gasteiger partial charge is 0.329 e. The number of hydrogen-bond donors (Lipinski definition) is 2. The third kappa shape index (κ3) is 4.39. The van der Waals surface area contributed by atoms with Crippen molar-refractivity contribution in [1.29, 1.82) is 0 Å². The van der Waals surface area contributed by atoms with Crippen molar-refractivity contribution >= 4 is 35.3 Å². The molecule has 7 heteroatoms. The number of hydrazone groups is 1. The number of rotatable bonds is 3. The van der Waals surface area contributed by atoms with Gasteiger partial charge in [-0.2, -0.15) is 5.10 Å². The van der Waals surface area contributed by atoms with Crippen LogP contribution in [0.2, 0.25) is 5.02 Å². The first-order chi connectivity index (χ1) is 10.6. The van der Waals surface area contributed by atoms with Crippen LogP contribution in [0.3, 0.4) is 0 Å². The number of anilines is 1. The van der Waals surface area contributed by atoms with Gasteiger partial charge in [-0.05, 0) is 29.8 Å². The van der Waals surface area contributed by atoms with Gasteiger partial charge in [0.25, 0.3) is 0 Å². The van der Waals surface area contributed by atoms with Crippen LogP contribution in [0.5, 0.6) is 0 Å². The topological polar surface area (TPSA) is 70.6 Å². The van der Waals surface area contributed by atoms with E-state index < -0.39 is 11.8 Å². The number of halogens is 2. The minimum absolute atomic E-state index is 0.318. The van der Waals surface area contributed by atoms with Crippen molar-refractivity contribution in [3.63, 3.8) is 0 Å². The fourth-order valence-electron chi connectivity index (χ4n) is 1.51. The van der Waals surface area contributed by atoms with Crippen LogP contribution >= 0.6 is 11.6 Å². The van der Waals surface area contributed by atoms with E-state index in [4.69, 9.17) is 11.6 Å². The van der Waals surface area contributed by atoms with Gasteiger partial charge in [-0.1, -0.05) is 35.9 Å². The average Bonchev–Trinajstić information content (AvgIpc) is 2.51. The number of para-hydroxylation sites is 1. The minimum Gasteiger partial charge on any atom is -0.316 e. The quantitative estimate of drug-likeness (QED) is 0.518. The summed E-state index contributed by atoms with van der Waals surface area (Å²) in [5, 5.41) is 6.29. The van der Waals surface area contributed by atoms with E-state index in [0.29, 0.717) is 16.3 Å². The van der Waals surface area contributed by atoms with Gasteiger partial charge >= 0.3 is 11.8 Å². The van der Waals surface area contributed by atoms with Crippen molar-refractivity contribution in [1.82, 2.24) is 5.43 Å². The Hall–Kier alpha value is -2.73. The lowest BCUT2D eigenvalue weighted by Crippen LogP contribution is -2.32. The van der Waals surface area contributed by atoms with Crippen LogP contribution in [0, 0.1) is 5.82 Å². The molecule has 0 spiro atoms. The van der Waals surface area contributed by atoms with Gasteiger partial charge in [0.05, 0.1) is 16.9 Å². The van der Waals surface area contributed by atoms with Crippen molar-refractivity contribution < 1.29 is 14.0 Å². The molecule has 2 N–H and O–H groups in total. The van der Waals surface area contributed by atoms with Crippen molar-refractivity contribution in [2.75, 3.05) is 5.32 Å². The SMILES string of the molecule is O=C(N/N=C/c1ccc(F)cc1)C(=O)Nc1ccccc1Cl. The Morgan fingerprint density at radius 3 is 2.41 bits per heavy atom. The highest BCUT2D eigenvalue weighted by Crippen LogP contribution is 2.20. The molecule has 112 valence electrons. The van der Waals surface area contributed by atoms with E-state index in [2.05, 4.69) is 15.8 Å². The number of benzene rings is 2. The molecule has 0 aliphatic heterocycles. The Kier molecular flexibility index (Phi) is 5.21. The predicted octanol–water partition coefficient (Wildman–Crippen LogP) is 2.57. The van der Waals surface area contributed by atoms with Crippen LogP contribution < -0.4 is 10.7 Å². The third-order valence-electron chi connectivity index (χ3n) is 2.58. The Balaban J connectivity index is 1.90. The molecule has 0 aliphatic rings. The number of amides is 2. The molecule has 5 nitrogen and oxygen atoms in total. The third-order valence-corrected chi connectivity index (χ3v) is 2.91. The van der Waals surface area contributed by atoms with Crippen LogP contribution in [-0.4, -0.2) is 18.0 Å². The van der Waals surface area contributed by atoms with E-state index in [9.17, 15) is 14.0 Å². The Bertz CT molecular complexity index is 717. The highest BCUT2D eigenvalue weighted by molar-refractivity contribution is 6.41. The summed E-state index contributed by atoms with van der Waals surface area (Å²) in [5.41, 5.74) is 2.97. The number of carbonyl (C=O) groups is 2. The summed E-state index contributed by atoms with van der Waals surface area (Å²) in [4.78, 5) is 23.2. The van der Waals surface area contributed by atoms with Crippen molar-refractivity contribution in [2.24, 2.45) is 5.10 Å². The minimum atomic E-state index is -0.946. The summed E-state index contributed by atoms with van der Waals surface area (Å²) in [6.07, 6.45) is 1.29. The van der Waals surface area contributed by atoms with E-state index >= 15 is 0 Å². The van der Waals surface area contributed by atoms with Gasteiger partial charge < -0.3 is 5.32 Å². The number of nitrogens with zero attached hydrogens (tertiary/aromatic N) is 1. The average molecular weight is 320 g/mol. The van der Waals surface area contributed by atoms with Crippen molar-refractivity contribution in [3.8, 4) is 0 Å². The lowest BCUT2D eigenvalue weighted by Gasteiger charge is -2.05. The standard InChI is InChI=1S/C15H11ClFN3O2/c16-12-3-1-2-4-13(12)19-14(21)15(22)20-18-9-10-5-7-11(17)8-6-10/h1-9H,(H,19,21)(H,20,22)/b18-9+. The highest BCUT2D eigenvalue weighted by atomic mass is 35.5. The Morgan fingerprint density at radius 1 is 1.05 bits per heavy atom. The summed E-state index contributed by atoms with van der Waals surface area (Å²) in [5.74, 6) is -2.22. The van der Waals surface area contributed by atoms with E-state index in [0.717, 1.165) is 0 Å². The molecule has 0 unspecified atom stereocenters. The first kappa shape index (κ1) is 15.7. The first-order valence-electron chi connectivity index (χ1n) is 6.21. The molecule has 22 heavy (non-hydrogen) atoms. The van der Waals surface area contributed by atoms with Gasteiger partial charge in [0.1, 0.15) is 5.82 Å². The van der Waals surface area contributed by atoms with Crippen LogP contribution in [0.25, 0.3) is 0 Å². The lowest BCUT2D eigenvalue weighted by atomic mass is 10.2. The highest BCUT2D eigenvalue weighted by Gasteiger charge is 2.13. The number of carbonyl (C=O) groups excluding carboxylic acids is 2. The smallest absolute Gasteiger partial charge is 0.316 e. The molecular formula is C15H11ClFN3O2. The van der Waals surface area contributed by atoms with Gasteiger partial charge in [0, 0.05) is 0 Å². The zero-order chi connectivity index (χ0) is 15.9. The molecule has 2 aromatic rings. The molecule has 0 heterocycles. The van der Waals surface area contributed by atoms with E-state index in [1.807, 2.05) is 0 Å². The number of hydrogen-bond acceptors (Lipinski definition) is 3. The zero-order valence-electron chi connectivity index (χ0n) is 11.2. The monoisotopic (exact) mass is 319 g/mol. The fraction of sp³-hybridized carbons (Fsp3) is 0. The molecule has 0 radical (unpaired) electrons. The lowest BCUT2D eigenvalue weighted by molar-refractivity contribution is -0.136. The molecule has 0 atom stereocenters. The van der Waals surface area contributed by atoms with E-state index in [1.165, 1.54) is 30.5 Å². The van der Waals surface area contributed by atoms with Gasteiger partial charge in [0.15, 0.2) is 0 Å². The maximum atomic E-state index is 12.7. The maximum Gasteiger partial charge on any atom is 0.329 e. The summed E-state index contributed by atoms with van der Waals surface area (Å²) in [7, 11) is 0. The van der Waals surface area contributed by atoms with Gasteiger partial charge in [-0.3, -0.25) is 9.59 Å². The Morgan fingerprint density at radius 2 is 1.73 bits per heavy atom. The molecule has 0 bridgehead atoms. The first-order valence-corrected chi connectivity index (χ1v) is 6.58. The molecule has 2 amide bonds. The molecule has 0 aromatic heterocycles. The van der Waals surface area contributed by atoms with Crippen LogP contribution in [0.4, 0.5) is 10.1 Å². The second kappa shape index (κ2) is 7.33. The zero-order valence-corrected chi connectivity index (χ0v) is 12.0. The van der Waals surface area contributed by atoms with Crippen LogP contribution in [-0.2, 0) is 9.59 Å². The van der Waals surface area contributed by atoms with Crippen molar-refractivity contribution in [2.45, 2.75) is 0 Å². The van der Waals surface area contributed by atoms with Crippen molar-refractivity contribution in [3.05, 3.63) is 64.9 Å². The number of nitrogens with one attached hydrogen (secondary N) is 2. The van der Waals surface area contributed by atoms with Crippen LogP contribution in [0.1, 0.15) is 5.56 Å². The second-order valence-corrected chi connectivity index (χ2v) is 4.59. The predicted molar refractivity (Wildman–Crippen MR) is 82.2 cm³/mol. The molecular weight excluding hydrogens is 309 g/mol. The summed E-state index contributed by atoms with van der Waals surface area (Å²) in [6, 6.07) is 12.0. The molecule has 0 fully saturated rings. The molecule has 0 aliphatic carbocycles. The summed E-state index contributed by atoms with van der Waals surface area (Å²) < 4.78 is 12.7. The molecule has 0 saturated carbocycles. The van der Waals surface area contributed by atoms with Crippen LogP contribution in [0.15, 0.2) is 53.6 Å². The van der Waals surface area contributed by atoms with Gasteiger partial charge in [-0.15, -0.1) is 0 Å². The maximum absolute atomic E-state index is 12.7. The van der Waals surface area contributed by atoms with Gasteiger partial charge in [0.2, 0.25) is 0 Å². The Labute approximate surface area is 130 Å². The molecule has 2 rings (SSSR count). The molecule has 2 aromatic carbocycles. The summed E-state index contributed by atoms with van der Waals surface area (Å²) in [6.45, 7) is 0. The van der Waals surface area contributed by atoms with E-state index in [-0.39, 0.29) is 5.82 Å². The second-order valence-electron chi connectivity index (χ2n) is 4.18. The van der Waals surface area contributed by atoms with E-state index in [1.54, 1.807) is 24.3 Å². The normalized spacial score (nSPS) is 10.5. The van der Waals surface area contributed by atoms with Gasteiger partial charge in [-0.25, -0.2) is 9.82 Å². The summed E-state index contributed by atoms with van der Waals surface area (Å²) >= 11 is 5.86.